The molecule has 3 heterocycles. The molecule has 2 aromatic heterocycles. The molecule has 2 aromatic carbocycles. The summed E-state index contributed by atoms with van der Waals surface area (Å²) in [7, 11) is 1.59. The number of alkyl carbamates (subject to hydrolysis) is 1. The first-order chi connectivity index (χ1) is 21.1. The Morgan fingerprint density at radius 1 is 1.09 bits per heavy atom. The fourth-order valence-electron chi connectivity index (χ4n) is 5.41. The summed E-state index contributed by atoms with van der Waals surface area (Å²) in [5.74, 6) is 1.12. The minimum absolute atomic E-state index is 0.0389. The van der Waals surface area contributed by atoms with Gasteiger partial charge in [0.1, 0.15) is 18.0 Å². The minimum Gasteiger partial charge on any atom is -0.492 e. The lowest BCUT2D eigenvalue weighted by Gasteiger charge is -2.34. The molecule has 0 bridgehead atoms. The summed E-state index contributed by atoms with van der Waals surface area (Å²) in [5.41, 5.74) is 0.0539. The van der Waals surface area contributed by atoms with Gasteiger partial charge >= 0.3 is 11.8 Å². The SMILES string of the molecule is Cn1c(=O)n(CCOc2ccccc2)c(=O)c2c1nc(N1CCCC(NC(=O)OC(C)(C)C)C1)n2Cc1ccccc1C#N. The van der Waals surface area contributed by atoms with E-state index in [1.165, 1.54) is 4.57 Å². The molecule has 1 N–H and O–H groups in total. The molecule has 12 nitrogen and oxygen atoms in total. The molecule has 1 atom stereocenters. The van der Waals surface area contributed by atoms with E-state index in [0.29, 0.717) is 35.9 Å². The van der Waals surface area contributed by atoms with Gasteiger partial charge in [-0.15, -0.1) is 0 Å². The summed E-state index contributed by atoms with van der Waals surface area (Å²) >= 11 is 0. The number of carbonyl (C=O) groups is 1. The molecule has 5 rings (SSSR count). The molecule has 4 aromatic rings. The van der Waals surface area contributed by atoms with Gasteiger partial charge in [-0.2, -0.15) is 10.2 Å². The predicted molar refractivity (Wildman–Crippen MR) is 166 cm³/mol. The van der Waals surface area contributed by atoms with Gasteiger partial charge in [-0.1, -0.05) is 36.4 Å². The molecule has 1 aliphatic heterocycles. The quantitative estimate of drug-likeness (QED) is 0.326. The smallest absolute Gasteiger partial charge is 0.407 e. The Bertz CT molecular complexity index is 1810. The number of nitrogens with zero attached hydrogens (tertiary/aromatic N) is 6. The highest BCUT2D eigenvalue weighted by atomic mass is 16.6. The zero-order valence-corrected chi connectivity index (χ0v) is 25.4. The summed E-state index contributed by atoms with van der Waals surface area (Å²) < 4.78 is 15.6. The van der Waals surface area contributed by atoms with E-state index in [4.69, 9.17) is 14.5 Å². The number of hydrogen-bond donors (Lipinski definition) is 1. The van der Waals surface area contributed by atoms with Crippen LogP contribution in [0.25, 0.3) is 11.2 Å². The first-order valence-electron chi connectivity index (χ1n) is 14.7. The molecule has 230 valence electrons. The van der Waals surface area contributed by atoms with Crippen LogP contribution >= 0.6 is 0 Å². The van der Waals surface area contributed by atoms with Crippen LogP contribution in [-0.4, -0.2) is 56.1 Å². The number of ether oxygens (including phenoxy) is 2. The van der Waals surface area contributed by atoms with E-state index in [1.54, 1.807) is 23.7 Å². The number of imidazole rings is 1. The van der Waals surface area contributed by atoms with Crippen molar-refractivity contribution in [2.75, 3.05) is 24.6 Å². The molecular weight excluding hydrogens is 562 g/mol. The maximum atomic E-state index is 14.0. The Morgan fingerprint density at radius 3 is 2.55 bits per heavy atom. The van der Waals surface area contributed by atoms with E-state index in [1.807, 2.05) is 68.1 Å². The zero-order valence-electron chi connectivity index (χ0n) is 25.4. The highest BCUT2D eigenvalue weighted by molar-refractivity contribution is 5.75. The summed E-state index contributed by atoms with van der Waals surface area (Å²) in [5, 5.41) is 12.7. The van der Waals surface area contributed by atoms with Crippen LogP contribution in [0.2, 0.25) is 0 Å². The molecule has 0 aliphatic carbocycles. The van der Waals surface area contributed by atoms with Crippen LogP contribution in [0.1, 0.15) is 44.7 Å². The zero-order chi connectivity index (χ0) is 31.4. The monoisotopic (exact) mass is 599 g/mol. The highest BCUT2D eigenvalue weighted by Crippen LogP contribution is 2.25. The molecule has 1 saturated heterocycles. The van der Waals surface area contributed by atoms with Crippen LogP contribution in [0.4, 0.5) is 10.7 Å². The van der Waals surface area contributed by atoms with E-state index in [-0.39, 0.29) is 36.9 Å². The van der Waals surface area contributed by atoms with Gasteiger partial charge in [0.05, 0.1) is 24.7 Å². The fourth-order valence-corrected chi connectivity index (χ4v) is 5.41. The Balaban J connectivity index is 1.55. The number of hydrogen-bond acceptors (Lipinski definition) is 8. The number of fused-ring (bicyclic) bond motifs is 1. The Morgan fingerprint density at radius 2 is 1.82 bits per heavy atom. The number of aromatic nitrogens is 4. The molecule has 0 saturated carbocycles. The van der Waals surface area contributed by atoms with Gasteiger partial charge in [-0.3, -0.25) is 18.5 Å². The van der Waals surface area contributed by atoms with Crippen molar-refractivity contribution in [1.82, 2.24) is 24.0 Å². The molecule has 0 spiro atoms. The van der Waals surface area contributed by atoms with Crippen molar-refractivity contribution in [2.45, 2.75) is 58.3 Å². The molecule has 12 heteroatoms. The maximum Gasteiger partial charge on any atom is 0.407 e. The highest BCUT2D eigenvalue weighted by Gasteiger charge is 2.29. The van der Waals surface area contributed by atoms with E-state index in [2.05, 4.69) is 11.4 Å². The molecular formula is C32H37N7O5. The molecule has 44 heavy (non-hydrogen) atoms. The molecule has 1 unspecified atom stereocenters. The number of amides is 1. The number of anilines is 1. The normalized spacial score (nSPS) is 15.2. The number of rotatable bonds is 8. The standard InChI is InChI=1S/C32H37N7O5/c1-32(2,3)44-30(41)34-24-13-10-16-37(21-24)29-35-27-26(39(29)20-23-12-9-8-11-22(23)19-33)28(40)38(31(42)36(27)4)17-18-43-25-14-6-5-7-15-25/h5-9,11-12,14-15,24H,10,13,16-18,20-21H2,1-4H3,(H,34,41). The van der Waals surface area contributed by atoms with Gasteiger partial charge < -0.3 is 19.7 Å². The Labute approximate surface area is 255 Å². The largest absolute Gasteiger partial charge is 0.492 e. The lowest BCUT2D eigenvalue weighted by molar-refractivity contribution is 0.0499. The van der Waals surface area contributed by atoms with Gasteiger partial charge in [0.25, 0.3) is 5.56 Å². The van der Waals surface area contributed by atoms with E-state index < -0.39 is 22.9 Å². The van der Waals surface area contributed by atoms with Crippen molar-refractivity contribution < 1.29 is 14.3 Å². The summed E-state index contributed by atoms with van der Waals surface area (Å²) in [6, 6.07) is 18.4. The van der Waals surface area contributed by atoms with Crippen molar-refractivity contribution in [1.29, 1.82) is 5.26 Å². The van der Waals surface area contributed by atoms with Gasteiger partial charge in [-0.05, 0) is 57.4 Å². The van der Waals surface area contributed by atoms with Gasteiger partial charge in [0, 0.05) is 26.2 Å². The van der Waals surface area contributed by atoms with Crippen LogP contribution in [0.3, 0.4) is 0 Å². The predicted octanol–water partition coefficient (Wildman–Crippen LogP) is 3.39. The number of nitriles is 1. The van der Waals surface area contributed by atoms with Crippen molar-refractivity contribution in [3.63, 3.8) is 0 Å². The van der Waals surface area contributed by atoms with Crippen molar-refractivity contribution in [3.05, 3.63) is 86.6 Å². The Kier molecular flexibility index (Phi) is 8.76. The number of aryl methyl sites for hydroxylation is 1. The molecule has 0 radical (unpaired) electrons. The van der Waals surface area contributed by atoms with Crippen LogP contribution in [0.15, 0.2) is 64.2 Å². The van der Waals surface area contributed by atoms with Gasteiger partial charge in [0.15, 0.2) is 11.2 Å². The van der Waals surface area contributed by atoms with Gasteiger partial charge in [0.2, 0.25) is 5.95 Å². The number of piperidine rings is 1. The molecule has 1 fully saturated rings. The molecule has 1 aliphatic rings. The topological polar surface area (TPSA) is 136 Å². The second-order valence-electron chi connectivity index (χ2n) is 11.8. The van der Waals surface area contributed by atoms with Crippen molar-refractivity contribution in [2.24, 2.45) is 7.05 Å². The van der Waals surface area contributed by atoms with E-state index in [9.17, 15) is 19.6 Å². The number of carbonyl (C=O) groups excluding carboxylic acids is 1. The van der Waals surface area contributed by atoms with E-state index in [0.717, 1.165) is 17.4 Å². The van der Waals surface area contributed by atoms with Crippen molar-refractivity contribution in [3.8, 4) is 11.8 Å². The number of nitrogens with one attached hydrogen (secondary N) is 1. The number of benzene rings is 2. The maximum absolute atomic E-state index is 14.0. The Hall–Kier alpha value is -5.05. The van der Waals surface area contributed by atoms with Gasteiger partial charge in [-0.25, -0.2) is 9.59 Å². The average molecular weight is 600 g/mol. The summed E-state index contributed by atoms with van der Waals surface area (Å²) in [4.78, 5) is 46.8. The van der Waals surface area contributed by atoms with Crippen LogP contribution < -0.4 is 26.2 Å². The average Bonchev–Trinajstić information content (AvgIpc) is 3.37. The summed E-state index contributed by atoms with van der Waals surface area (Å²) in [6.07, 6.45) is 1.02. The lowest BCUT2D eigenvalue weighted by atomic mass is 10.1. The second-order valence-corrected chi connectivity index (χ2v) is 11.8. The fraction of sp³-hybridized carbons (Fsp3) is 0.406. The van der Waals surface area contributed by atoms with Crippen LogP contribution in [0.5, 0.6) is 5.75 Å². The third kappa shape index (κ3) is 6.62. The second kappa shape index (κ2) is 12.7. The third-order valence-corrected chi connectivity index (χ3v) is 7.43. The summed E-state index contributed by atoms with van der Waals surface area (Å²) in [6.45, 7) is 6.83. The minimum atomic E-state index is -0.628. The van der Waals surface area contributed by atoms with Crippen LogP contribution in [0, 0.1) is 11.3 Å². The number of para-hydroxylation sites is 1. The van der Waals surface area contributed by atoms with E-state index >= 15 is 0 Å². The molecule has 1 amide bonds. The first kappa shape index (κ1) is 30.4. The first-order valence-corrected chi connectivity index (χ1v) is 14.7. The lowest BCUT2D eigenvalue weighted by Crippen LogP contribution is -2.49. The van der Waals surface area contributed by atoms with Crippen LogP contribution in [-0.2, 0) is 24.9 Å². The van der Waals surface area contributed by atoms with Crippen molar-refractivity contribution >= 4 is 23.2 Å². The third-order valence-electron chi connectivity index (χ3n) is 7.43.